The molecule has 0 saturated heterocycles. The zero-order chi connectivity index (χ0) is 14.6. The molecule has 0 spiro atoms. The number of rotatable bonds is 3. The fourth-order valence-electron chi connectivity index (χ4n) is 1.42. The van der Waals surface area contributed by atoms with E-state index in [1.54, 1.807) is 27.7 Å². The molecule has 1 amide bonds. The van der Waals surface area contributed by atoms with Crippen molar-refractivity contribution in [3.05, 3.63) is 23.0 Å². The molecule has 0 fully saturated rings. The van der Waals surface area contributed by atoms with Crippen molar-refractivity contribution >= 4 is 12.4 Å². The summed E-state index contributed by atoms with van der Waals surface area (Å²) in [6.45, 7) is 6.85. The number of pyridine rings is 1. The van der Waals surface area contributed by atoms with E-state index in [1.807, 2.05) is 0 Å². The predicted octanol–water partition coefficient (Wildman–Crippen LogP) is 1.93. The van der Waals surface area contributed by atoms with Gasteiger partial charge < -0.3 is 15.2 Å². The lowest BCUT2D eigenvalue weighted by molar-refractivity contribution is 0.0523. The second-order valence-electron chi connectivity index (χ2n) is 5.10. The Balaban J connectivity index is 2.80. The number of ether oxygens (including phenoxy) is 1. The normalized spacial score (nSPS) is 10.9. The van der Waals surface area contributed by atoms with Crippen LogP contribution in [0.1, 0.15) is 42.4 Å². The fourth-order valence-corrected chi connectivity index (χ4v) is 1.42. The number of alkyl carbamates (subject to hydrolysis) is 1. The number of hydrogen-bond acceptors (Lipinski definition) is 5. The van der Waals surface area contributed by atoms with Crippen molar-refractivity contribution in [1.82, 2.24) is 10.3 Å². The molecule has 1 aromatic rings. The van der Waals surface area contributed by atoms with Gasteiger partial charge in [-0.1, -0.05) is 0 Å². The Kier molecular flexibility index (Phi) is 4.47. The smallest absolute Gasteiger partial charge is 0.407 e. The molecule has 0 bridgehead atoms. The minimum Gasteiger partial charge on any atom is -0.506 e. The van der Waals surface area contributed by atoms with Crippen molar-refractivity contribution in [2.45, 2.75) is 39.8 Å². The SMILES string of the molecule is Cc1ncc(C=O)c(CNC(=O)OC(C)(C)C)c1O. The van der Waals surface area contributed by atoms with E-state index in [0.29, 0.717) is 17.5 Å². The van der Waals surface area contributed by atoms with Crippen LogP contribution in [-0.2, 0) is 11.3 Å². The van der Waals surface area contributed by atoms with Crippen molar-refractivity contribution in [1.29, 1.82) is 0 Å². The Labute approximate surface area is 111 Å². The summed E-state index contributed by atoms with van der Waals surface area (Å²) < 4.78 is 5.07. The summed E-state index contributed by atoms with van der Waals surface area (Å²) in [5.74, 6) is -0.0966. The van der Waals surface area contributed by atoms with Gasteiger partial charge in [-0.15, -0.1) is 0 Å². The average molecular weight is 266 g/mol. The number of amides is 1. The maximum atomic E-state index is 11.5. The molecular formula is C13H18N2O4. The summed E-state index contributed by atoms with van der Waals surface area (Å²) in [6.07, 6.45) is 1.32. The van der Waals surface area contributed by atoms with Crippen LogP contribution in [0.25, 0.3) is 0 Å². The van der Waals surface area contributed by atoms with Crippen LogP contribution in [0.15, 0.2) is 6.20 Å². The zero-order valence-corrected chi connectivity index (χ0v) is 11.5. The molecule has 0 atom stereocenters. The topological polar surface area (TPSA) is 88.5 Å². The number of hydrogen-bond donors (Lipinski definition) is 2. The summed E-state index contributed by atoms with van der Waals surface area (Å²) in [7, 11) is 0. The molecule has 104 valence electrons. The molecule has 0 aliphatic heterocycles. The van der Waals surface area contributed by atoms with Crippen LogP contribution in [0, 0.1) is 6.92 Å². The van der Waals surface area contributed by atoms with Gasteiger partial charge in [-0.05, 0) is 27.7 Å². The molecule has 0 aliphatic carbocycles. The van der Waals surface area contributed by atoms with E-state index in [1.165, 1.54) is 6.20 Å². The monoisotopic (exact) mass is 266 g/mol. The van der Waals surface area contributed by atoms with Crippen LogP contribution in [0.2, 0.25) is 0 Å². The first kappa shape index (κ1) is 14.9. The second kappa shape index (κ2) is 5.69. The Morgan fingerprint density at radius 2 is 2.16 bits per heavy atom. The minimum atomic E-state index is -0.613. The number of nitrogens with zero attached hydrogens (tertiary/aromatic N) is 1. The van der Waals surface area contributed by atoms with Gasteiger partial charge in [-0.3, -0.25) is 9.78 Å². The number of nitrogens with one attached hydrogen (secondary N) is 1. The standard InChI is InChI=1S/C13H18N2O4/c1-8-11(17)10(9(7-16)5-14-8)6-15-12(18)19-13(2,3)4/h5,7,17H,6H2,1-4H3,(H,15,18). The van der Waals surface area contributed by atoms with Gasteiger partial charge in [0.1, 0.15) is 11.4 Å². The number of aromatic nitrogens is 1. The Morgan fingerprint density at radius 3 is 2.68 bits per heavy atom. The molecular weight excluding hydrogens is 248 g/mol. The van der Waals surface area contributed by atoms with Crippen LogP contribution in [-0.4, -0.2) is 28.1 Å². The Hall–Kier alpha value is -2.11. The first-order valence-electron chi connectivity index (χ1n) is 5.84. The maximum absolute atomic E-state index is 11.5. The summed E-state index contributed by atoms with van der Waals surface area (Å²) >= 11 is 0. The third kappa shape index (κ3) is 4.24. The lowest BCUT2D eigenvalue weighted by atomic mass is 10.1. The fraction of sp³-hybridized carbons (Fsp3) is 0.462. The number of aldehydes is 1. The van der Waals surface area contributed by atoms with Crippen molar-refractivity contribution in [2.24, 2.45) is 0 Å². The number of carbonyl (C=O) groups is 2. The van der Waals surface area contributed by atoms with Gasteiger partial charge in [-0.25, -0.2) is 4.79 Å². The number of aryl methyl sites for hydroxylation is 1. The molecule has 1 rings (SSSR count). The van der Waals surface area contributed by atoms with Gasteiger partial charge in [-0.2, -0.15) is 0 Å². The number of carbonyl (C=O) groups excluding carboxylic acids is 2. The van der Waals surface area contributed by atoms with E-state index >= 15 is 0 Å². The van der Waals surface area contributed by atoms with Crippen LogP contribution < -0.4 is 5.32 Å². The Bertz CT molecular complexity index is 492. The first-order chi connectivity index (χ1) is 8.74. The highest BCUT2D eigenvalue weighted by molar-refractivity contribution is 5.78. The Morgan fingerprint density at radius 1 is 1.53 bits per heavy atom. The van der Waals surface area contributed by atoms with Gasteiger partial charge in [0.15, 0.2) is 6.29 Å². The van der Waals surface area contributed by atoms with Gasteiger partial charge in [0, 0.05) is 17.3 Å². The van der Waals surface area contributed by atoms with Crippen molar-refractivity contribution in [3.8, 4) is 5.75 Å². The van der Waals surface area contributed by atoms with Gasteiger partial charge >= 0.3 is 6.09 Å². The highest BCUT2D eigenvalue weighted by atomic mass is 16.6. The summed E-state index contributed by atoms with van der Waals surface area (Å²) in [6, 6.07) is 0. The van der Waals surface area contributed by atoms with Crippen molar-refractivity contribution in [2.75, 3.05) is 0 Å². The molecule has 0 aliphatic rings. The van der Waals surface area contributed by atoms with E-state index in [4.69, 9.17) is 4.74 Å². The minimum absolute atomic E-state index is 0.00181. The van der Waals surface area contributed by atoms with Crippen LogP contribution in [0.4, 0.5) is 4.79 Å². The summed E-state index contributed by atoms with van der Waals surface area (Å²) in [4.78, 5) is 26.2. The second-order valence-corrected chi connectivity index (χ2v) is 5.10. The first-order valence-corrected chi connectivity index (χ1v) is 5.84. The van der Waals surface area contributed by atoms with E-state index in [9.17, 15) is 14.7 Å². The van der Waals surface area contributed by atoms with Crippen LogP contribution in [0.3, 0.4) is 0 Å². The maximum Gasteiger partial charge on any atom is 0.407 e. The molecule has 6 nitrogen and oxygen atoms in total. The molecule has 0 unspecified atom stereocenters. The van der Waals surface area contributed by atoms with Crippen molar-refractivity contribution in [3.63, 3.8) is 0 Å². The van der Waals surface area contributed by atoms with Crippen LogP contribution >= 0.6 is 0 Å². The number of aromatic hydroxyl groups is 1. The van der Waals surface area contributed by atoms with Gasteiger partial charge in [0.2, 0.25) is 0 Å². The van der Waals surface area contributed by atoms with Crippen molar-refractivity contribution < 1.29 is 19.4 Å². The van der Waals surface area contributed by atoms with E-state index in [2.05, 4.69) is 10.3 Å². The highest BCUT2D eigenvalue weighted by Gasteiger charge is 2.17. The predicted molar refractivity (Wildman–Crippen MR) is 69.1 cm³/mol. The highest BCUT2D eigenvalue weighted by Crippen LogP contribution is 2.22. The lowest BCUT2D eigenvalue weighted by Gasteiger charge is -2.20. The van der Waals surface area contributed by atoms with Crippen LogP contribution in [0.5, 0.6) is 5.75 Å². The summed E-state index contributed by atoms with van der Waals surface area (Å²) in [5, 5.41) is 12.3. The van der Waals surface area contributed by atoms with E-state index in [-0.39, 0.29) is 17.9 Å². The molecule has 0 radical (unpaired) electrons. The van der Waals surface area contributed by atoms with Gasteiger partial charge in [0.05, 0.1) is 12.2 Å². The lowest BCUT2D eigenvalue weighted by Crippen LogP contribution is -2.32. The van der Waals surface area contributed by atoms with Gasteiger partial charge in [0.25, 0.3) is 0 Å². The molecule has 1 aromatic heterocycles. The molecule has 0 aromatic carbocycles. The largest absolute Gasteiger partial charge is 0.506 e. The molecule has 19 heavy (non-hydrogen) atoms. The van der Waals surface area contributed by atoms with E-state index in [0.717, 1.165) is 0 Å². The molecule has 6 heteroatoms. The molecule has 2 N–H and O–H groups in total. The quantitative estimate of drug-likeness (QED) is 0.816. The third-order valence-electron chi connectivity index (χ3n) is 2.31. The zero-order valence-electron chi connectivity index (χ0n) is 11.5. The third-order valence-corrected chi connectivity index (χ3v) is 2.31. The molecule has 1 heterocycles. The average Bonchev–Trinajstić information content (AvgIpc) is 2.28. The molecule has 0 saturated carbocycles. The summed E-state index contributed by atoms with van der Waals surface area (Å²) in [5.41, 5.74) is 0.354. The van der Waals surface area contributed by atoms with E-state index < -0.39 is 11.7 Å².